The summed E-state index contributed by atoms with van der Waals surface area (Å²) < 4.78 is 0. The molecular formula is C22H19Si. The van der Waals surface area contributed by atoms with Gasteiger partial charge < -0.3 is 0 Å². The summed E-state index contributed by atoms with van der Waals surface area (Å²) >= 11 is 0. The predicted molar refractivity (Wildman–Crippen MR) is 102 cm³/mol. The molecule has 0 amide bonds. The molecule has 0 saturated carbocycles. The first-order valence-corrected chi connectivity index (χ1v) is 11.3. The van der Waals surface area contributed by atoms with Crippen molar-refractivity contribution >= 4 is 29.2 Å². The number of benzene rings is 3. The maximum absolute atomic E-state index is 2.51. The van der Waals surface area contributed by atoms with E-state index >= 15 is 0 Å². The highest BCUT2D eigenvalue weighted by Gasteiger charge is 2.44. The van der Waals surface area contributed by atoms with Crippen molar-refractivity contribution in [3.63, 3.8) is 0 Å². The summed E-state index contributed by atoms with van der Waals surface area (Å²) in [5, 5.41) is 5.98. The zero-order chi connectivity index (χ0) is 15.8. The normalized spacial score (nSPS) is 17.3. The molecule has 23 heavy (non-hydrogen) atoms. The van der Waals surface area contributed by atoms with Crippen LogP contribution in [0.1, 0.15) is 18.1 Å². The second-order valence-corrected chi connectivity index (χ2v) is 11.6. The van der Waals surface area contributed by atoms with Gasteiger partial charge in [0.05, 0.1) is 0 Å². The second-order valence-electron chi connectivity index (χ2n) is 7.31. The first-order chi connectivity index (χ1) is 11.1. The third-order valence-electron chi connectivity index (χ3n) is 5.61. The van der Waals surface area contributed by atoms with E-state index < -0.39 is 8.07 Å². The fourth-order valence-electron chi connectivity index (χ4n) is 4.70. The Kier molecular flexibility index (Phi) is 2.46. The van der Waals surface area contributed by atoms with Gasteiger partial charge in [0.25, 0.3) is 0 Å². The predicted octanol–water partition coefficient (Wildman–Crippen LogP) is 5.31. The molecule has 1 heteroatoms. The van der Waals surface area contributed by atoms with Crippen LogP contribution in [-0.2, 0) is 0 Å². The summed E-state index contributed by atoms with van der Waals surface area (Å²) in [6, 6.07) is 20.2. The van der Waals surface area contributed by atoms with E-state index in [-0.39, 0.29) is 0 Å². The van der Waals surface area contributed by atoms with Gasteiger partial charge in [0.2, 0.25) is 0 Å². The van der Waals surface area contributed by atoms with Crippen LogP contribution in [0.5, 0.6) is 0 Å². The molecule has 111 valence electrons. The van der Waals surface area contributed by atoms with Crippen LogP contribution >= 0.6 is 0 Å². The molecular weight excluding hydrogens is 292 g/mol. The molecule has 0 unspecified atom stereocenters. The van der Waals surface area contributed by atoms with Crippen LogP contribution in [0.15, 0.2) is 60.2 Å². The molecule has 3 aromatic rings. The topological polar surface area (TPSA) is 0 Å². The van der Waals surface area contributed by atoms with E-state index in [0.29, 0.717) is 0 Å². The summed E-state index contributed by atoms with van der Waals surface area (Å²) in [5.74, 6) is 0. The Hall–Kier alpha value is -2.12. The number of rotatable bonds is 1. The van der Waals surface area contributed by atoms with E-state index in [1.807, 2.05) is 0 Å². The van der Waals surface area contributed by atoms with Crippen LogP contribution in [-0.4, -0.2) is 8.07 Å². The van der Waals surface area contributed by atoms with Gasteiger partial charge >= 0.3 is 0 Å². The molecule has 2 aliphatic rings. The summed E-state index contributed by atoms with van der Waals surface area (Å²) in [4.78, 5) is 0. The summed E-state index contributed by atoms with van der Waals surface area (Å²) in [6.07, 6.45) is 2.39. The van der Waals surface area contributed by atoms with E-state index in [4.69, 9.17) is 0 Å². The first-order valence-electron chi connectivity index (χ1n) is 8.31. The van der Waals surface area contributed by atoms with Crippen molar-refractivity contribution in [1.82, 2.24) is 0 Å². The van der Waals surface area contributed by atoms with E-state index in [0.717, 1.165) is 0 Å². The molecule has 0 saturated heterocycles. The smallest absolute Gasteiger partial charge is 0.0646 e. The molecule has 0 spiro atoms. The minimum Gasteiger partial charge on any atom is -0.0646 e. The van der Waals surface area contributed by atoms with Crippen molar-refractivity contribution in [1.29, 1.82) is 0 Å². The lowest BCUT2D eigenvalue weighted by molar-refractivity contribution is 1.44. The van der Waals surface area contributed by atoms with Gasteiger partial charge in [-0.05, 0) is 50.3 Å². The Morgan fingerprint density at radius 2 is 1.57 bits per heavy atom. The summed E-state index contributed by atoms with van der Waals surface area (Å²) in [5.41, 5.74) is 7.37. The average Bonchev–Trinajstić information content (AvgIpc) is 2.97. The molecule has 5 rings (SSSR count). The lowest BCUT2D eigenvalue weighted by Crippen LogP contribution is -2.39. The minimum atomic E-state index is -1.57. The monoisotopic (exact) mass is 311 g/mol. The zero-order valence-corrected chi connectivity index (χ0v) is 14.8. The Labute approximate surface area is 138 Å². The van der Waals surface area contributed by atoms with Gasteiger partial charge in [-0.1, -0.05) is 73.3 Å². The molecule has 0 aromatic heterocycles. The number of allylic oxidation sites excluding steroid dienone is 1. The van der Waals surface area contributed by atoms with Gasteiger partial charge in [-0.3, -0.25) is 0 Å². The van der Waals surface area contributed by atoms with Crippen molar-refractivity contribution in [3.05, 3.63) is 77.7 Å². The fourth-order valence-corrected chi connectivity index (χ4v) is 8.30. The maximum atomic E-state index is 2.51. The molecule has 1 radical (unpaired) electrons. The van der Waals surface area contributed by atoms with Crippen molar-refractivity contribution in [2.75, 3.05) is 0 Å². The largest absolute Gasteiger partial charge is 0.113 e. The van der Waals surface area contributed by atoms with Crippen molar-refractivity contribution in [2.45, 2.75) is 20.0 Å². The zero-order valence-electron chi connectivity index (χ0n) is 13.8. The SMILES string of the molecule is CC1=C2c3c(ccc(c3-c3cccc4ccccc34)[Si]2(C)C)[CH]1. The molecule has 3 aromatic carbocycles. The van der Waals surface area contributed by atoms with Gasteiger partial charge in [0, 0.05) is 6.42 Å². The Morgan fingerprint density at radius 1 is 0.783 bits per heavy atom. The van der Waals surface area contributed by atoms with Crippen LogP contribution in [0.25, 0.3) is 27.1 Å². The fraction of sp³-hybridized carbons (Fsp3) is 0.136. The third kappa shape index (κ3) is 1.56. The van der Waals surface area contributed by atoms with Gasteiger partial charge in [-0.2, -0.15) is 0 Å². The van der Waals surface area contributed by atoms with Crippen molar-refractivity contribution in [3.8, 4) is 11.1 Å². The van der Waals surface area contributed by atoms with Gasteiger partial charge in [-0.25, -0.2) is 0 Å². The maximum Gasteiger partial charge on any atom is 0.113 e. The molecule has 0 atom stereocenters. The van der Waals surface area contributed by atoms with E-state index in [1.165, 1.54) is 38.6 Å². The molecule has 0 N–H and O–H groups in total. The molecule has 1 heterocycles. The summed E-state index contributed by atoms with van der Waals surface area (Å²) in [6.45, 7) is 7.30. The molecule has 1 aliphatic heterocycles. The Balaban J connectivity index is 1.94. The van der Waals surface area contributed by atoms with Crippen LogP contribution in [0, 0.1) is 6.42 Å². The van der Waals surface area contributed by atoms with Crippen LogP contribution < -0.4 is 5.19 Å². The first kappa shape index (κ1) is 13.3. The lowest BCUT2D eigenvalue weighted by Gasteiger charge is -2.20. The average molecular weight is 311 g/mol. The van der Waals surface area contributed by atoms with Gasteiger partial charge in [-0.15, -0.1) is 0 Å². The van der Waals surface area contributed by atoms with E-state index in [9.17, 15) is 0 Å². The number of hydrogen-bond acceptors (Lipinski definition) is 0. The van der Waals surface area contributed by atoms with E-state index in [2.05, 4.69) is 81.0 Å². The van der Waals surface area contributed by atoms with E-state index in [1.54, 1.807) is 10.4 Å². The van der Waals surface area contributed by atoms with Gasteiger partial charge in [0.15, 0.2) is 0 Å². The van der Waals surface area contributed by atoms with Crippen molar-refractivity contribution in [2.24, 2.45) is 0 Å². The van der Waals surface area contributed by atoms with Crippen LogP contribution in [0.3, 0.4) is 0 Å². The molecule has 0 fully saturated rings. The highest BCUT2D eigenvalue weighted by molar-refractivity contribution is 7.07. The van der Waals surface area contributed by atoms with Gasteiger partial charge in [0.1, 0.15) is 8.07 Å². The molecule has 2 bridgehead atoms. The molecule has 1 aliphatic carbocycles. The highest BCUT2D eigenvalue weighted by atomic mass is 28.3. The third-order valence-corrected chi connectivity index (χ3v) is 9.27. The quantitative estimate of drug-likeness (QED) is 0.534. The Morgan fingerprint density at radius 3 is 2.43 bits per heavy atom. The number of hydrogen-bond donors (Lipinski definition) is 0. The molecule has 0 nitrogen and oxygen atoms in total. The standard InChI is InChI=1S/C22H19Si/c1-14-13-16-11-12-19-21(20(16)22(14)23(19,2)3)18-10-6-8-15-7-4-5-9-17(15)18/h4-13H,1-3H3. The minimum absolute atomic E-state index is 1.33. The number of fused-ring (bicyclic) bond motifs is 2. The summed E-state index contributed by atoms with van der Waals surface area (Å²) in [7, 11) is -1.57. The van der Waals surface area contributed by atoms with Crippen LogP contribution in [0.4, 0.5) is 0 Å². The van der Waals surface area contributed by atoms with Crippen LogP contribution in [0.2, 0.25) is 13.1 Å². The van der Waals surface area contributed by atoms with Crippen molar-refractivity contribution < 1.29 is 0 Å². The highest BCUT2D eigenvalue weighted by Crippen LogP contribution is 2.50. The Bertz CT molecular complexity index is 1020. The second kappa shape index (κ2) is 4.24. The lowest BCUT2D eigenvalue weighted by atomic mass is 9.93.